The number of oxazole rings is 1. The topological polar surface area (TPSA) is 84.7 Å². The highest BCUT2D eigenvalue weighted by atomic mass is 32.1. The van der Waals surface area contributed by atoms with Crippen LogP contribution in [-0.2, 0) is 16.0 Å². The summed E-state index contributed by atoms with van der Waals surface area (Å²) in [5.41, 5.74) is 1.15. The average molecular weight is 413 g/mol. The van der Waals surface area contributed by atoms with Gasteiger partial charge in [-0.3, -0.25) is 9.59 Å². The molecule has 2 aromatic heterocycles. The number of ether oxygens (including phenoxy) is 1. The van der Waals surface area contributed by atoms with Crippen LogP contribution in [0.5, 0.6) is 5.75 Å². The standard InChI is InChI=1S/C21H23N3O4S/c1-4-24(13-19(25)22-15-8-5-6-9-17(15)27-3)20(26)12-16-14(2)28-21(23-16)18-10-7-11-29-18/h5-11H,4,12-13H2,1-3H3,(H,22,25). The van der Waals surface area contributed by atoms with E-state index in [1.54, 1.807) is 25.1 Å². The van der Waals surface area contributed by atoms with Gasteiger partial charge in [-0.15, -0.1) is 11.3 Å². The maximum absolute atomic E-state index is 12.7. The maximum atomic E-state index is 12.7. The molecule has 0 atom stereocenters. The highest BCUT2D eigenvalue weighted by molar-refractivity contribution is 7.13. The molecule has 0 bridgehead atoms. The van der Waals surface area contributed by atoms with Crippen molar-refractivity contribution in [2.45, 2.75) is 20.3 Å². The molecule has 0 aliphatic carbocycles. The molecular weight excluding hydrogens is 390 g/mol. The van der Waals surface area contributed by atoms with E-state index in [9.17, 15) is 9.59 Å². The highest BCUT2D eigenvalue weighted by Crippen LogP contribution is 2.26. The summed E-state index contributed by atoms with van der Waals surface area (Å²) in [6.07, 6.45) is 0.0798. The number of aromatic nitrogens is 1. The van der Waals surface area contributed by atoms with Gasteiger partial charge in [-0.05, 0) is 37.4 Å². The van der Waals surface area contributed by atoms with Crippen molar-refractivity contribution in [1.82, 2.24) is 9.88 Å². The van der Waals surface area contributed by atoms with Gasteiger partial charge in [0.05, 0.1) is 36.3 Å². The molecule has 0 saturated carbocycles. The summed E-state index contributed by atoms with van der Waals surface area (Å²) in [6, 6.07) is 11.0. The number of nitrogens with zero attached hydrogens (tertiary/aromatic N) is 2. The van der Waals surface area contributed by atoms with Crippen LogP contribution in [0.4, 0.5) is 5.69 Å². The number of benzene rings is 1. The van der Waals surface area contributed by atoms with E-state index in [0.717, 1.165) is 4.88 Å². The quantitative estimate of drug-likeness (QED) is 0.608. The molecule has 152 valence electrons. The predicted molar refractivity (Wildman–Crippen MR) is 112 cm³/mol. The van der Waals surface area contributed by atoms with Gasteiger partial charge in [0.25, 0.3) is 0 Å². The third-order valence-electron chi connectivity index (χ3n) is 4.39. The Morgan fingerprint density at radius 2 is 2.03 bits per heavy atom. The van der Waals surface area contributed by atoms with Gasteiger partial charge in [0.1, 0.15) is 11.5 Å². The van der Waals surface area contributed by atoms with Crippen LogP contribution in [0.1, 0.15) is 18.4 Å². The smallest absolute Gasteiger partial charge is 0.244 e. The fraction of sp³-hybridized carbons (Fsp3) is 0.286. The largest absolute Gasteiger partial charge is 0.495 e. The molecule has 0 radical (unpaired) electrons. The molecule has 7 nitrogen and oxygen atoms in total. The minimum absolute atomic E-state index is 0.0535. The Balaban J connectivity index is 1.64. The lowest BCUT2D eigenvalue weighted by Crippen LogP contribution is -2.38. The second-order valence-corrected chi connectivity index (χ2v) is 7.28. The van der Waals surface area contributed by atoms with Crippen LogP contribution >= 0.6 is 11.3 Å². The summed E-state index contributed by atoms with van der Waals surface area (Å²) in [5.74, 6) is 1.21. The first kappa shape index (κ1) is 20.6. The molecular formula is C21H23N3O4S. The molecule has 0 fully saturated rings. The molecule has 2 amide bonds. The summed E-state index contributed by atoms with van der Waals surface area (Å²) in [5, 5.41) is 4.73. The van der Waals surface area contributed by atoms with Crippen molar-refractivity contribution in [3.05, 3.63) is 53.2 Å². The number of para-hydroxylation sites is 2. The third-order valence-corrected chi connectivity index (χ3v) is 5.25. The minimum atomic E-state index is -0.291. The van der Waals surface area contributed by atoms with Gasteiger partial charge in [-0.25, -0.2) is 4.98 Å². The van der Waals surface area contributed by atoms with E-state index in [0.29, 0.717) is 35.3 Å². The number of rotatable bonds is 8. The molecule has 0 aliphatic heterocycles. The molecule has 0 spiro atoms. The number of nitrogens with one attached hydrogen (secondary N) is 1. The van der Waals surface area contributed by atoms with E-state index in [4.69, 9.17) is 9.15 Å². The van der Waals surface area contributed by atoms with Gasteiger partial charge in [0, 0.05) is 6.54 Å². The molecule has 0 unspecified atom stereocenters. The second kappa shape index (κ2) is 9.38. The molecule has 8 heteroatoms. The van der Waals surface area contributed by atoms with E-state index in [1.807, 2.05) is 30.5 Å². The van der Waals surface area contributed by atoms with Crippen LogP contribution in [0.2, 0.25) is 0 Å². The van der Waals surface area contributed by atoms with Crippen LogP contribution in [-0.4, -0.2) is 41.9 Å². The normalized spacial score (nSPS) is 10.6. The van der Waals surface area contributed by atoms with E-state index >= 15 is 0 Å². The Kier molecular flexibility index (Phi) is 6.66. The lowest BCUT2D eigenvalue weighted by Gasteiger charge is -2.20. The number of anilines is 1. The second-order valence-electron chi connectivity index (χ2n) is 6.33. The lowest BCUT2D eigenvalue weighted by molar-refractivity contribution is -0.133. The molecule has 29 heavy (non-hydrogen) atoms. The van der Waals surface area contributed by atoms with Gasteiger partial charge < -0.3 is 19.4 Å². The van der Waals surface area contributed by atoms with Crippen LogP contribution in [0, 0.1) is 6.92 Å². The monoisotopic (exact) mass is 413 g/mol. The number of aryl methyl sites for hydroxylation is 1. The number of carbonyl (C=O) groups is 2. The number of carbonyl (C=O) groups excluding carboxylic acids is 2. The van der Waals surface area contributed by atoms with Crippen molar-refractivity contribution < 1.29 is 18.7 Å². The van der Waals surface area contributed by atoms with Crippen molar-refractivity contribution in [3.63, 3.8) is 0 Å². The fourth-order valence-electron chi connectivity index (χ4n) is 2.84. The molecule has 0 saturated heterocycles. The molecule has 3 rings (SSSR count). The van der Waals surface area contributed by atoms with Gasteiger partial charge in [-0.1, -0.05) is 18.2 Å². The van der Waals surface area contributed by atoms with Crippen molar-refractivity contribution in [2.75, 3.05) is 25.5 Å². The molecule has 0 aliphatic rings. The third kappa shape index (κ3) is 5.03. The summed E-state index contributed by atoms with van der Waals surface area (Å²) in [6.45, 7) is 3.98. The zero-order valence-corrected chi connectivity index (χ0v) is 17.4. The number of hydrogen-bond donors (Lipinski definition) is 1. The zero-order valence-electron chi connectivity index (χ0n) is 16.6. The number of likely N-dealkylation sites (N-methyl/N-ethyl adjacent to an activating group) is 1. The van der Waals surface area contributed by atoms with E-state index in [-0.39, 0.29) is 24.8 Å². The van der Waals surface area contributed by atoms with E-state index in [1.165, 1.54) is 23.3 Å². The zero-order chi connectivity index (χ0) is 20.8. The lowest BCUT2D eigenvalue weighted by atomic mass is 10.2. The summed E-state index contributed by atoms with van der Waals surface area (Å²) in [4.78, 5) is 32.0. The highest BCUT2D eigenvalue weighted by Gasteiger charge is 2.21. The molecule has 1 N–H and O–H groups in total. The number of amides is 2. The molecule has 2 heterocycles. The Morgan fingerprint density at radius 1 is 1.24 bits per heavy atom. The summed E-state index contributed by atoms with van der Waals surface area (Å²) < 4.78 is 10.9. The van der Waals surface area contributed by atoms with E-state index in [2.05, 4.69) is 10.3 Å². The van der Waals surface area contributed by atoms with Crippen LogP contribution < -0.4 is 10.1 Å². The Hall–Kier alpha value is -3.13. The van der Waals surface area contributed by atoms with Crippen LogP contribution in [0.25, 0.3) is 10.8 Å². The minimum Gasteiger partial charge on any atom is -0.495 e. The Bertz CT molecular complexity index is 982. The van der Waals surface area contributed by atoms with Gasteiger partial charge in [-0.2, -0.15) is 0 Å². The van der Waals surface area contributed by atoms with Gasteiger partial charge in [0.15, 0.2) is 0 Å². The number of hydrogen-bond acceptors (Lipinski definition) is 6. The maximum Gasteiger partial charge on any atom is 0.244 e. The van der Waals surface area contributed by atoms with Crippen LogP contribution in [0.3, 0.4) is 0 Å². The number of methoxy groups -OCH3 is 1. The van der Waals surface area contributed by atoms with E-state index < -0.39 is 0 Å². The summed E-state index contributed by atoms with van der Waals surface area (Å²) >= 11 is 1.53. The Morgan fingerprint density at radius 3 is 2.72 bits per heavy atom. The van der Waals surface area contributed by atoms with Crippen molar-refractivity contribution in [1.29, 1.82) is 0 Å². The first-order chi connectivity index (χ1) is 14.0. The van der Waals surface area contributed by atoms with Crippen molar-refractivity contribution in [2.24, 2.45) is 0 Å². The Labute approximate surface area is 173 Å². The average Bonchev–Trinajstić information content (AvgIpc) is 3.37. The SMILES string of the molecule is CCN(CC(=O)Nc1ccccc1OC)C(=O)Cc1nc(-c2cccs2)oc1C. The van der Waals surface area contributed by atoms with Gasteiger partial charge in [0.2, 0.25) is 17.7 Å². The fourth-order valence-corrected chi connectivity index (χ4v) is 3.49. The molecule has 1 aromatic carbocycles. The predicted octanol–water partition coefficient (Wildman–Crippen LogP) is 3.75. The first-order valence-electron chi connectivity index (χ1n) is 9.22. The van der Waals surface area contributed by atoms with Crippen LogP contribution in [0.15, 0.2) is 46.2 Å². The number of thiophene rings is 1. The molecule has 3 aromatic rings. The van der Waals surface area contributed by atoms with Crippen molar-refractivity contribution in [3.8, 4) is 16.5 Å². The van der Waals surface area contributed by atoms with Gasteiger partial charge >= 0.3 is 0 Å². The summed E-state index contributed by atoms with van der Waals surface area (Å²) in [7, 11) is 1.54. The van der Waals surface area contributed by atoms with Crippen molar-refractivity contribution >= 4 is 28.8 Å². The first-order valence-corrected chi connectivity index (χ1v) is 10.1.